The van der Waals surface area contributed by atoms with Crippen molar-refractivity contribution in [3.63, 3.8) is 0 Å². The maximum atomic E-state index is 14.0. The summed E-state index contributed by atoms with van der Waals surface area (Å²) in [6.45, 7) is 2.07. The number of aryl methyl sites for hydroxylation is 1. The average molecular weight is 528 g/mol. The zero-order valence-electron chi connectivity index (χ0n) is 22.5. The fraction of sp³-hybridized carbons (Fsp3) is 0.536. The molecule has 1 amide bonds. The number of phenols is 1. The fourth-order valence-electron chi connectivity index (χ4n) is 6.51. The van der Waals surface area contributed by atoms with E-state index in [0.29, 0.717) is 17.5 Å². The Bertz CT molecular complexity index is 1280. The van der Waals surface area contributed by atoms with Gasteiger partial charge in [0.05, 0.1) is 11.6 Å². The second-order valence-electron chi connectivity index (χ2n) is 11.1. The highest BCUT2D eigenvalue weighted by molar-refractivity contribution is 6.24. The zero-order valence-corrected chi connectivity index (χ0v) is 22.5. The summed E-state index contributed by atoms with van der Waals surface area (Å²) in [5.74, 6) is -6.36. The van der Waals surface area contributed by atoms with Gasteiger partial charge in [0.2, 0.25) is 5.78 Å². The molecule has 0 spiro atoms. The van der Waals surface area contributed by atoms with Crippen LogP contribution in [0.4, 0.5) is 5.69 Å². The van der Waals surface area contributed by atoms with E-state index in [-0.39, 0.29) is 29.7 Å². The molecule has 0 aromatic heterocycles. The van der Waals surface area contributed by atoms with Gasteiger partial charge >= 0.3 is 0 Å². The van der Waals surface area contributed by atoms with Gasteiger partial charge < -0.3 is 31.1 Å². The number of amides is 1. The number of nitrogens with zero attached hydrogens (tertiary/aromatic N) is 2. The summed E-state index contributed by atoms with van der Waals surface area (Å²) < 4.78 is 0. The van der Waals surface area contributed by atoms with E-state index in [9.17, 15) is 34.8 Å². The number of likely N-dealkylation sites (N-methyl/N-ethyl adjacent to an activating group) is 1. The second kappa shape index (κ2) is 9.74. The highest BCUT2D eigenvalue weighted by Crippen LogP contribution is 2.53. The number of nitrogens with two attached hydrogens (primary N) is 1. The van der Waals surface area contributed by atoms with Crippen molar-refractivity contribution in [3.05, 3.63) is 45.4 Å². The first-order valence-electron chi connectivity index (χ1n) is 13.0. The van der Waals surface area contributed by atoms with Crippen LogP contribution in [-0.2, 0) is 22.4 Å². The molecule has 10 heteroatoms. The molecule has 6 N–H and O–H groups in total. The normalized spacial score (nSPS) is 26.9. The first-order chi connectivity index (χ1) is 17.8. The summed E-state index contributed by atoms with van der Waals surface area (Å²) in [5, 5.41) is 45.3. The van der Waals surface area contributed by atoms with Gasteiger partial charge in [-0.2, -0.15) is 0 Å². The Hall–Kier alpha value is -3.37. The Labute approximate surface area is 222 Å². The number of unbranched alkanes of at least 4 members (excludes halogenated alkanes) is 2. The number of hydrogen-bond acceptors (Lipinski definition) is 9. The molecular weight excluding hydrogens is 490 g/mol. The average Bonchev–Trinajstić information content (AvgIpc) is 2.82. The van der Waals surface area contributed by atoms with Crippen molar-refractivity contribution in [1.29, 1.82) is 0 Å². The van der Waals surface area contributed by atoms with E-state index in [4.69, 9.17) is 5.73 Å². The molecule has 0 bridgehead atoms. The molecule has 206 valence electrons. The topological polar surface area (TPSA) is 165 Å². The van der Waals surface area contributed by atoms with Crippen LogP contribution in [0.1, 0.15) is 54.1 Å². The van der Waals surface area contributed by atoms with Crippen LogP contribution in [0.15, 0.2) is 28.7 Å². The molecule has 0 saturated heterocycles. The van der Waals surface area contributed by atoms with Crippen molar-refractivity contribution in [2.75, 3.05) is 33.1 Å². The van der Waals surface area contributed by atoms with Crippen LogP contribution < -0.4 is 10.6 Å². The summed E-state index contributed by atoms with van der Waals surface area (Å²) in [6.07, 6.45) is 3.68. The van der Waals surface area contributed by atoms with E-state index in [2.05, 4.69) is 6.92 Å². The van der Waals surface area contributed by atoms with Crippen molar-refractivity contribution >= 4 is 23.2 Å². The molecule has 0 heterocycles. The van der Waals surface area contributed by atoms with Crippen molar-refractivity contribution in [2.45, 2.75) is 57.1 Å². The number of Topliss-reactive ketones (excluding diaryl/α,β-unsaturated/α-hetero) is 2. The van der Waals surface area contributed by atoms with E-state index in [0.717, 1.165) is 24.9 Å². The molecule has 4 atom stereocenters. The standard InChI is InChI=1S/C28H37N3O7/c1-6-7-8-9-13-12-17(30(2)3)15-10-14-11-16-21(31(4)5)24(34)20(27(29)37)26(36)28(16,38)25(35)18(14)23(33)19(15)22(13)32/h12,14,16,21,32,34-35,38H,6-11H2,1-5H3,(H2,29,37)/t14-,16-,21-,28-/m1/s1. The number of fused-ring (bicyclic) bond motifs is 3. The first-order valence-corrected chi connectivity index (χ1v) is 13.0. The number of primary amides is 1. The molecule has 0 aliphatic heterocycles. The summed E-state index contributed by atoms with van der Waals surface area (Å²) in [7, 11) is 6.92. The number of ketones is 2. The molecule has 4 rings (SSSR count). The van der Waals surface area contributed by atoms with Gasteiger partial charge in [-0.1, -0.05) is 19.8 Å². The van der Waals surface area contributed by atoms with Gasteiger partial charge in [0.25, 0.3) is 5.91 Å². The molecule has 3 aliphatic rings. The van der Waals surface area contributed by atoms with E-state index in [1.807, 2.05) is 25.1 Å². The lowest BCUT2D eigenvalue weighted by atomic mass is 9.58. The molecule has 0 radical (unpaired) electrons. The van der Waals surface area contributed by atoms with E-state index >= 15 is 0 Å². The van der Waals surface area contributed by atoms with E-state index in [1.165, 1.54) is 4.90 Å². The summed E-state index contributed by atoms with van der Waals surface area (Å²) in [5.41, 5.74) is 3.87. The van der Waals surface area contributed by atoms with Crippen molar-refractivity contribution < 1.29 is 34.8 Å². The van der Waals surface area contributed by atoms with Crippen LogP contribution in [0.3, 0.4) is 0 Å². The highest BCUT2D eigenvalue weighted by atomic mass is 16.3. The van der Waals surface area contributed by atoms with Crippen LogP contribution in [-0.4, -0.2) is 82.6 Å². The van der Waals surface area contributed by atoms with Gasteiger partial charge in [0, 0.05) is 31.3 Å². The number of carbonyl (C=O) groups is 3. The van der Waals surface area contributed by atoms with E-state index < -0.39 is 58.0 Å². The number of hydrogen-bond donors (Lipinski definition) is 5. The Morgan fingerprint density at radius 2 is 1.79 bits per heavy atom. The Kier molecular flexibility index (Phi) is 7.09. The van der Waals surface area contributed by atoms with Crippen molar-refractivity contribution in [3.8, 4) is 5.75 Å². The Morgan fingerprint density at radius 1 is 1.13 bits per heavy atom. The third-order valence-electron chi connectivity index (χ3n) is 8.31. The largest absolute Gasteiger partial charge is 0.510 e. The van der Waals surface area contributed by atoms with Crippen LogP contribution >= 0.6 is 0 Å². The van der Waals surface area contributed by atoms with Crippen LogP contribution in [0.25, 0.3) is 0 Å². The second-order valence-corrected chi connectivity index (χ2v) is 11.1. The molecule has 1 aromatic carbocycles. The smallest absolute Gasteiger partial charge is 0.255 e. The predicted octanol–water partition coefficient (Wildman–Crippen LogP) is 1.92. The zero-order chi connectivity index (χ0) is 28.3. The SMILES string of the molecule is CCCCCc1cc(N(C)C)c2c(c1O)C(=O)C1=C(O)[C@@]3(O)C(=O)C(C(N)=O)=C(O)[C@H](N(C)C)[C@H]3C[C@H]1C2. The number of benzene rings is 1. The lowest BCUT2D eigenvalue weighted by Gasteiger charge is -2.50. The molecule has 0 unspecified atom stereocenters. The van der Waals surface area contributed by atoms with Crippen molar-refractivity contribution in [1.82, 2.24) is 4.90 Å². The summed E-state index contributed by atoms with van der Waals surface area (Å²) >= 11 is 0. The lowest BCUT2D eigenvalue weighted by Crippen LogP contribution is -2.63. The minimum Gasteiger partial charge on any atom is -0.510 e. The molecule has 38 heavy (non-hydrogen) atoms. The molecule has 10 nitrogen and oxygen atoms in total. The van der Waals surface area contributed by atoms with E-state index in [1.54, 1.807) is 14.1 Å². The quantitative estimate of drug-likeness (QED) is 0.263. The maximum absolute atomic E-state index is 14.0. The first kappa shape index (κ1) is 27.7. The summed E-state index contributed by atoms with van der Waals surface area (Å²) in [6, 6.07) is 0.883. The third-order valence-corrected chi connectivity index (χ3v) is 8.31. The van der Waals surface area contributed by atoms with Gasteiger partial charge in [0.15, 0.2) is 11.4 Å². The van der Waals surface area contributed by atoms with Gasteiger partial charge in [0.1, 0.15) is 22.8 Å². The Balaban J connectivity index is 1.93. The van der Waals surface area contributed by atoms with Gasteiger partial charge in [-0.15, -0.1) is 0 Å². The third kappa shape index (κ3) is 3.89. The van der Waals surface area contributed by atoms with Crippen LogP contribution in [0.5, 0.6) is 5.75 Å². The fourth-order valence-corrected chi connectivity index (χ4v) is 6.51. The molecule has 0 saturated carbocycles. The molecule has 3 aliphatic carbocycles. The minimum absolute atomic E-state index is 0.0588. The van der Waals surface area contributed by atoms with Crippen molar-refractivity contribution in [2.24, 2.45) is 17.6 Å². The lowest BCUT2D eigenvalue weighted by molar-refractivity contribution is -0.148. The van der Waals surface area contributed by atoms with Crippen LogP contribution in [0, 0.1) is 11.8 Å². The van der Waals surface area contributed by atoms with Gasteiger partial charge in [-0.05, 0) is 62.9 Å². The van der Waals surface area contributed by atoms with Gasteiger partial charge in [-0.25, -0.2) is 0 Å². The highest BCUT2D eigenvalue weighted by Gasteiger charge is 2.63. The number of aliphatic hydroxyl groups excluding tert-OH is 2. The number of aromatic hydroxyl groups is 1. The number of phenolic OH excluding ortho intramolecular Hbond substituents is 1. The molecule has 0 fully saturated rings. The van der Waals surface area contributed by atoms with Gasteiger partial charge in [-0.3, -0.25) is 19.3 Å². The summed E-state index contributed by atoms with van der Waals surface area (Å²) in [4.78, 5) is 42.9. The minimum atomic E-state index is -2.64. The number of rotatable bonds is 7. The Morgan fingerprint density at radius 3 is 2.34 bits per heavy atom. The molecule has 1 aromatic rings. The van der Waals surface area contributed by atoms with Crippen LogP contribution in [0.2, 0.25) is 0 Å². The molecular formula is C28H37N3O7. The number of carbonyl (C=O) groups excluding carboxylic acids is 3. The maximum Gasteiger partial charge on any atom is 0.255 e. The monoisotopic (exact) mass is 527 g/mol. The predicted molar refractivity (Wildman–Crippen MR) is 141 cm³/mol. The number of anilines is 1. The number of aliphatic hydroxyl groups is 3. The number of allylic oxidation sites excluding steroid dienone is 1.